The number of nitrogens with one attached hydrogen (secondary N) is 1. The van der Waals surface area contributed by atoms with Crippen LogP contribution in [0.25, 0.3) is 11.1 Å². The van der Waals surface area contributed by atoms with Crippen molar-refractivity contribution in [3.05, 3.63) is 30.0 Å². The Morgan fingerprint density at radius 1 is 1.24 bits per heavy atom. The minimum atomic E-state index is -3.34. The second kappa shape index (κ2) is 5.07. The average molecular weight is 309 g/mol. The maximum atomic E-state index is 12.0. The first kappa shape index (κ1) is 15.4. The van der Waals surface area contributed by atoms with Crippen LogP contribution in [0.4, 0.5) is 5.82 Å². The van der Waals surface area contributed by atoms with Crippen LogP contribution in [-0.4, -0.2) is 32.0 Å². The summed E-state index contributed by atoms with van der Waals surface area (Å²) in [4.78, 5) is 0. The molecule has 0 aliphatic heterocycles. The number of sulfone groups is 1. The molecule has 1 aromatic heterocycles. The maximum Gasteiger partial charge on any atom is 0.158 e. The standard InChI is InChI=1S/C14H19N3O3S/c1-14(2,21(4,18)19)12-11(13(15)17-16-12)9-5-7-10(20-3)8-6-9/h5-8H,1-4H3,(H3,15,16,17). The highest BCUT2D eigenvalue weighted by Crippen LogP contribution is 2.38. The van der Waals surface area contributed by atoms with E-state index >= 15 is 0 Å². The predicted octanol–water partition coefficient (Wildman–Crippen LogP) is 1.95. The van der Waals surface area contributed by atoms with Gasteiger partial charge in [-0.05, 0) is 31.5 Å². The maximum absolute atomic E-state index is 12.0. The number of nitrogens with two attached hydrogens (primary N) is 1. The molecule has 1 heterocycles. The topological polar surface area (TPSA) is 98.1 Å². The molecular weight excluding hydrogens is 290 g/mol. The van der Waals surface area contributed by atoms with E-state index in [0.717, 1.165) is 5.56 Å². The van der Waals surface area contributed by atoms with E-state index in [0.29, 0.717) is 17.0 Å². The summed E-state index contributed by atoms with van der Waals surface area (Å²) in [6, 6.07) is 7.22. The second-order valence-corrected chi connectivity index (χ2v) is 7.93. The number of benzene rings is 1. The zero-order chi connectivity index (χ0) is 15.8. The first-order valence-corrected chi connectivity index (χ1v) is 8.26. The summed E-state index contributed by atoms with van der Waals surface area (Å²) in [5.74, 6) is 0.983. The van der Waals surface area contributed by atoms with Crippen molar-refractivity contribution in [3.63, 3.8) is 0 Å². The normalized spacial score (nSPS) is 12.4. The Balaban J connectivity index is 2.62. The predicted molar refractivity (Wildman–Crippen MR) is 82.9 cm³/mol. The molecule has 0 fully saturated rings. The van der Waals surface area contributed by atoms with E-state index in [1.807, 2.05) is 12.1 Å². The van der Waals surface area contributed by atoms with Crippen LogP contribution in [0.3, 0.4) is 0 Å². The van der Waals surface area contributed by atoms with Gasteiger partial charge in [-0.15, -0.1) is 0 Å². The van der Waals surface area contributed by atoms with Crippen LogP contribution >= 0.6 is 0 Å². The summed E-state index contributed by atoms with van der Waals surface area (Å²) >= 11 is 0. The highest BCUT2D eigenvalue weighted by atomic mass is 32.2. The fourth-order valence-corrected chi connectivity index (χ4v) is 2.55. The first-order valence-electron chi connectivity index (χ1n) is 6.37. The Morgan fingerprint density at radius 2 is 1.81 bits per heavy atom. The molecular formula is C14H19N3O3S. The lowest BCUT2D eigenvalue weighted by Gasteiger charge is -2.22. The Labute approximate surface area is 124 Å². The lowest BCUT2D eigenvalue weighted by Crippen LogP contribution is -2.29. The summed E-state index contributed by atoms with van der Waals surface area (Å²) in [5, 5.41) is 6.73. The number of methoxy groups -OCH3 is 1. The van der Waals surface area contributed by atoms with E-state index < -0.39 is 14.6 Å². The molecule has 0 spiro atoms. The van der Waals surface area contributed by atoms with Crippen molar-refractivity contribution in [2.75, 3.05) is 19.1 Å². The number of hydrogen-bond donors (Lipinski definition) is 2. The summed E-state index contributed by atoms with van der Waals surface area (Å²) < 4.78 is 28.1. The Bertz CT molecular complexity index is 746. The SMILES string of the molecule is COc1ccc(-c2c(N)n[nH]c2C(C)(C)S(C)(=O)=O)cc1. The van der Waals surface area contributed by atoms with Gasteiger partial charge in [-0.2, -0.15) is 5.10 Å². The summed E-state index contributed by atoms with van der Waals surface area (Å²) in [7, 11) is -1.75. The van der Waals surface area contributed by atoms with Gasteiger partial charge in [0.05, 0.1) is 12.8 Å². The van der Waals surface area contributed by atoms with Crippen molar-refractivity contribution in [3.8, 4) is 16.9 Å². The molecule has 0 aliphatic carbocycles. The first-order chi connectivity index (χ1) is 9.68. The summed E-state index contributed by atoms with van der Waals surface area (Å²) in [6.45, 7) is 3.25. The van der Waals surface area contributed by atoms with E-state index in [9.17, 15) is 8.42 Å². The van der Waals surface area contributed by atoms with Crippen LogP contribution in [0, 0.1) is 0 Å². The van der Waals surface area contributed by atoms with Gasteiger partial charge in [0.2, 0.25) is 0 Å². The number of aromatic amines is 1. The van der Waals surface area contributed by atoms with Crippen LogP contribution in [0.2, 0.25) is 0 Å². The molecule has 0 saturated carbocycles. The van der Waals surface area contributed by atoms with Crippen LogP contribution < -0.4 is 10.5 Å². The van der Waals surface area contributed by atoms with Gasteiger partial charge in [-0.25, -0.2) is 8.42 Å². The molecule has 0 amide bonds. The largest absolute Gasteiger partial charge is 0.497 e. The molecule has 0 radical (unpaired) electrons. The van der Waals surface area contributed by atoms with E-state index in [4.69, 9.17) is 10.5 Å². The number of hydrogen-bond acceptors (Lipinski definition) is 5. The van der Waals surface area contributed by atoms with Gasteiger partial charge < -0.3 is 10.5 Å². The summed E-state index contributed by atoms with van der Waals surface area (Å²) in [6.07, 6.45) is 1.20. The lowest BCUT2D eigenvalue weighted by atomic mass is 9.98. The van der Waals surface area contributed by atoms with E-state index in [1.165, 1.54) is 6.26 Å². The third kappa shape index (κ3) is 2.61. The van der Waals surface area contributed by atoms with Crippen molar-refractivity contribution in [2.45, 2.75) is 18.6 Å². The van der Waals surface area contributed by atoms with Crippen LogP contribution in [0.1, 0.15) is 19.5 Å². The highest BCUT2D eigenvalue weighted by Gasteiger charge is 2.37. The Kier molecular flexibility index (Phi) is 3.71. The molecule has 114 valence electrons. The summed E-state index contributed by atoms with van der Waals surface area (Å²) in [5.41, 5.74) is 7.79. The smallest absolute Gasteiger partial charge is 0.158 e. The average Bonchev–Trinajstić information content (AvgIpc) is 2.80. The van der Waals surface area contributed by atoms with Crippen molar-refractivity contribution < 1.29 is 13.2 Å². The van der Waals surface area contributed by atoms with E-state index in [2.05, 4.69) is 10.2 Å². The zero-order valence-electron chi connectivity index (χ0n) is 12.5. The van der Waals surface area contributed by atoms with Crippen LogP contribution in [-0.2, 0) is 14.6 Å². The molecule has 2 aromatic rings. The quantitative estimate of drug-likeness (QED) is 0.899. The third-order valence-electron chi connectivity index (χ3n) is 3.70. The number of aromatic nitrogens is 2. The molecule has 7 heteroatoms. The number of ether oxygens (including phenoxy) is 1. The van der Waals surface area contributed by atoms with Gasteiger partial charge in [0.15, 0.2) is 15.7 Å². The van der Waals surface area contributed by atoms with Crippen LogP contribution in [0.5, 0.6) is 5.75 Å². The monoisotopic (exact) mass is 309 g/mol. The van der Waals surface area contributed by atoms with E-state index in [-0.39, 0.29) is 5.82 Å². The van der Waals surface area contributed by atoms with Gasteiger partial charge >= 0.3 is 0 Å². The van der Waals surface area contributed by atoms with Gasteiger partial charge in [-0.1, -0.05) is 12.1 Å². The number of nitrogens with zero attached hydrogens (tertiary/aromatic N) is 1. The van der Waals surface area contributed by atoms with Gasteiger partial charge in [0.1, 0.15) is 10.5 Å². The minimum absolute atomic E-state index is 0.270. The Hall–Kier alpha value is -2.02. The molecule has 2 rings (SSSR count). The Morgan fingerprint density at radius 3 is 2.29 bits per heavy atom. The molecule has 0 bridgehead atoms. The number of nitrogen functional groups attached to an aromatic ring is 1. The van der Waals surface area contributed by atoms with Gasteiger partial charge in [-0.3, -0.25) is 5.10 Å². The van der Waals surface area contributed by atoms with Gasteiger partial charge in [0, 0.05) is 11.8 Å². The molecule has 6 nitrogen and oxygen atoms in total. The molecule has 0 aliphatic rings. The lowest BCUT2D eigenvalue weighted by molar-refractivity contribution is 0.415. The van der Waals surface area contributed by atoms with Crippen molar-refractivity contribution in [1.29, 1.82) is 0 Å². The number of rotatable bonds is 4. The minimum Gasteiger partial charge on any atom is -0.497 e. The van der Waals surface area contributed by atoms with Crippen molar-refractivity contribution in [2.24, 2.45) is 0 Å². The van der Waals surface area contributed by atoms with Crippen molar-refractivity contribution in [1.82, 2.24) is 10.2 Å². The molecule has 3 N–H and O–H groups in total. The number of anilines is 1. The van der Waals surface area contributed by atoms with E-state index in [1.54, 1.807) is 33.1 Å². The molecule has 0 atom stereocenters. The molecule has 21 heavy (non-hydrogen) atoms. The van der Waals surface area contributed by atoms with Crippen LogP contribution in [0.15, 0.2) is 24.3 Å². The van der Waals surface area contributed by atoms with Crippen molar-refractivity contribution >= 4 is 15.7 Å². The fourth-order valence-electron chi connectivity index (χ4n) is 2.03. The molecule has 1 aromatic carbocycles. The third-order valence-corrected chi connectivity index (χ3v) is 5.76. The highest BCUT2D eigenvalue weighted by molar-refractivity contribution is 7.91. The van der Waals surface area contributed by atoms with Gasteiger partial charge in [0.25, 0.3) is 0 Å². The molecule has 0 saturated heterocycles. The fraction of sp³-hybridized carbons (Fsp3) is 0.357. The number of H-pyrrole nitrogens is 1. The molecule has 0 unspecified atom stereocenters. The zero-order valence-corrected chi connectivity index (χ0v) is 13.3. The second-order valence-electron chi connectivity index (χ2n) is 5.37.